The Morgan fingerprint density at radius 1 is 1.11 bits per heavy atom. The first-order valence-electron chi connectivity index (χ1n) is 11.1. The Kier molecular flexibility index (Phi) is 5.97. The van der Waals surface area contributed by atoms with E-state index in [1.54, 1.807) is 66.5 Å². The van der Waals surface area contributed by atoms with Crippen LogP contribution in [0.4, 0.5) is 11.4 Å². The summed E-state index contributed by atoms with van der Waals surface area (Å²) in [6.45, 7) is 0.285. The molecular formula is C25H21BrN4O6. The molecule has 0 saturated carbocycles. The first-order valence-corrected chi connectivity index (χ1v) is 11.9. The van der Waals surface area contributed by atoms with Crippen molar-refractivity contribution in [2.24, 2.45) is 0 Å². The van der Waals surface area contributed by atoms with Crippen LogP contribution in [0.2, 0.25) is 0 Å². The van der Waals surface area contributed by atoms with Crippen LogP contribution in [-0.2, 0) is 16.9 Å². The molecule has 1 spiro atoms. The lowest BCUT2D eigenvalue weighted by Gasteiger charge is -2.30. The Morgan fingerprint density at radius 2 is 1.89 bits per heavy atom. The van der Waals surface area contributed by atoms with Gasteiger partial charge in [0, 0.05) is 44.9 Å². The second-order valence-electron chi connectivity index (χ2n) is 8.88. The summed E-state index contributed by atoms with van der Waals surface area (Å²) in [4.78, 5) is 38.0. The number of nitro groups is 2. The highest BCUT2D eigenvalue weighted by molar-refractivity contribution is 9.10. The van der Waals surface area contributed by atoms with Crippen LogP contribution in [0.5, 0.6) is 5.75 Å². The predicted molar refractivity (Wildman–Crippen MR) is 134 cm³/mol. The van der Waals surface area contributed by atoms with Gasteiger partial charge in [0.15, 0.2) is 5.54 Å². The number of nitrogens with zero attached hydrogens (tertiary/aromatic N) is 3. The van der Waals surface area contributed by atoms with Crippen LogP contribution in [0.1, 0.15) is 22.6 Å². The van der Waals surface area contributed by atoms with Gasteiger partial charge in [-0.25, -0.2) is 0 Å². The van der Waals surface area contributed by atoms with Gasteiger partial charge in [0.05, 0.1) is 10.8 Å². The van der Waals surface area contributed by atoms with Gasteiger partial charge in [-0.05, 0) is 36.9 Å². The number of ether oxygens (including phenoxy) is 1. The van der Waals surface area contributed by atoms with E-state index < -0.39 is 28.3 Å². The van der Waals surface area contributed by atoms with E-state index in [0.717, 1.165) is 0 Å². The first-order chi connectivity index (χ1) is 17.2. The van der Waals surface area contributed by atoms with Gasteiger partial charge < -0.3 is 10.1 Å². The molecule has 0 unspecified atom stereocenters. The number of likely N-dealkylation sites (N-methyl/N-ethyl adjacent to an activating group) is 1. The van der Waals surface area contributed by atoms with E-state index in [0.29, 0.717) is 32.6 Å². The molecule has 0 bridgehead atoms. The highest BCUT2D eigenvalue weighted by atomic mass is 79.9. The summed E-state index contributed by atoms with van der Waals surface area (Å²) in [6, 6.07) is 17.1. The van der Waals surface area contributed by atoms with Gasteiger partial charge in [0.25, 0.3) is 17.6 Å². The summed E-state index contributed by atoms with van der Waals surface area (Å²) < 4.78 is 6.76. The fourth-order valence-electron chi connectivity index (χ4n) is 5.42. The zero-order valence-electron chi connectivity index (χ0n) is 19.1. The molecule has 0 aromatic heterocycles. The fraction of sp³-hybridized carbons (Fsp3) is 0.240. The topological polar surface area (TPSA) is 128 Å². The van der Waals surface area contributed by atoms with E-state index in [2.05, 4.69) is 21.2 Å². The van der Waals surface area contributed by atoms with Crippen LogP contribution in [0, 0.1) is 20.2 Å². The summed E-state index contributed by atoms with van der Waals surface area (Å²) in [7, 11) is 1.72. The molecule has 2 aliphatic rings. The minimum atomic E-state index is -1.47. The molecule has 1 N–H and O–H groups in total. The highest BCUT2D eigenvalue weighted by Gasteiger charge is 2.68. The van der Waals surface area contributed by atoms with Gasteiger partial charge in [-0.3, -0.25) is 29.9 Å². The van der Waals surface area contributed by atoms with Gasteiger partial charge >= 0.3 is 0 Å². The number of likely N-dealkylation sites (tertiary alicyclic amines) is 1. The molecule has 3 aromatic carbocycles. The molecule has 3 aromatic rings. The van der Waals surface area contributed by atoms with E-state index in [1.807, 2.05) is 0 Å². The standard InChI is InChI=1S/C25H21BrN4O6/c1-28-13-19(23(30(34)35)25(28)20-7-2-3-8-21(20)27-24(25)31)18-12-16(26)9-10-22(18)36-14-15-5-4-6-17(11-15)29(32)33/h2-12,19,23H,13-14H2,1H3,(H,27,31)/t19-,23+,25+/m1/s1. The second kappa shape index (κ2) is 8.99. The number of carbonyl (C=O) groups is 1. The molecular weight excluding hydrogens is 532 g/mol. The van der Waals surface area contributed by atoms with Crippen LogP contribution in [0.3, 0.4) is 0 Å². The Labute approximate surface area is 214 Å². The van der Waals surface area contributed by atoms with Crippen molar-refractivity contribution in [3.63, 3.8) is 0 Å². The van der Waals surface area contributed by atoms with E-state index in [4.69, 9.17) is 4.74 Å². The molecule has 11 heteroatoms. The monoisotopic (exact) mass is 552 g/mol. The van der Waals surface area contributed by atoms with Gasteiger partial charge in [-0.1, -0.05) is 46.3 Å². The molecule has 36 heavy (non-hydrogen) atoms. The van der Waals surface area contributed by atoms with Gasteiger partial charge in [-0.2, -0.15) is 0 Å². The minimum Gasteiger partial charge on any atom is -0.489 e. The predicted octanol–water partition coefficient (Wildman–Crippen LogP) is 4.46. The van der Waals surface area contributed by atoms with Crippen LogP contribution >= 0.6 is 15.9 Å². The van der Waals surface area contributed by atoms with Crippen LogP contribution < -0.4 is 10.1 Å². The maximum Gasteiger partial charge on any atom is 0.269 e. The van der Waals surface area contributed by atoms with E-state index in [1.165, 1.54) is 12.1 Å². The Balaban J connectivity index is 1.55. The number of anilines is 1. The lowest BCUT2D eigenvalue weighted by atomic mass is 9.79. The van der Waals surface area contributed by atoms with E-state index >= 15 is 0 Å². The third-order valence-electron chi connectivity index (χ3n) is 6.93. The number of hydrogen-bond donors (Lipinski definition) is 1. The maximum absolute atomic E-state index is 13.4. The number of carbonyl (C=O) groups excluding carboxylic acids is 1. The van der Waals surface area contributed by atoms with E-state index in [-0.39, 0.29) is 23.8 Å². The Hall–Kier alpha value is -3.83. The van der Waals surface area contributed by atoms with Crippen molar-refractivity contribution in [1.29, 1.82) is 0 Å². The zero-order chi connectivity index (χ0) is 25.6. The number of nitro benzene ring substituents is 1. The maximum atomic E-state index is 13.4. The number of para-hydroxylation sites is 1. The second-order valence-corrected chi connectivity index (χ2v) is 9.80. The summed E-state index contributed by atoms with van der Waals surface area (Å²) in [5.41, 5.74) is 0.801. The number of non-ortho nitro benzene ring substituents is 1. The van der Waals surface area contributed by atoms with Crippen molar-refractivity contribution < 1.29 is 19.4 Å². The van der Waals surface area contributed by atoms with Crippen LogP contribution in [0.25, 0.3) is 0 Å². The number of fused-ring (bicyclic) bond motifs is 2. The summed E-state index contributed by atoms with van der Waals surface area (Å²) in [5.74, 6) is -0.678. The number of halogens is 1. The smallest absolute Gasteiger partial charge is 0.269 e. The summed E-state index contributed by atoms with van der Waals surface area (Å²) in [5, 5.41) is 26.5. The molecule has 5 rings (SSSR count). The lowest BCUT2D eigenvalue weighted by Crippen LogP contribution is -2.54. The zero-order valence-corrected chi connectivity index (χ0v) is 20.7. The van der Waals surface area contributed by atoms with Gasteiger partial charge in [-0.15, -0.1) is 0 Å². The molecule has 0 radical (unpaired) electrons. The van der Waals surface area contributed by atoms with Gasteiger partial charge in [0.1, 0.15) is 12.4 Å². The number of rotatable bonds is 6. The molecule has 2 aliphatic heterocycles. The molecule has 3 atom stereocenters. The molecule has 2 heterocycles. The van der Waals surface area contributed by atoms with Crippen LogP contribution in [-0.4, -0.2) is 40.3 Å². The molecule has 0 aliphatic carbocycles. The van der Waals surface area contributed by atoms with Crippen molar-refractivity contribution in [2.75, 3.05) is 18.9 Å². The average molecular weight is 553 g/mol. The summed E-state index contributed by atoms with van der Waals surface area (Å²) in [6.07, 6.45) is 0. The van der Waals surface area contributed by atoms with Crippen molar-refractivity contribution in [2.45, 2.75) is 24.1 Å². The van der Waals surface area contributed by atoms with Crippen molar-refractivity contribution in [1.82, 2.24) is 4.90 Å². The Morgan fingerprint density at radius 3 is 2.64 bits per heavy atom. The number of nitrogens with one attached hydrogen (secondary N) is 1. The normalized spacial score (nSPS) is 22.9. The van der Waals surface area contributed by atoms with Crippen molar-refractivity contribution >= 4 is 33.2 Å². The fourth-order valence-corrected chi connectivity index (χ4v) is 5.80. The Bertz CT molecular complexity index is 1400. The highest BCUT2D eigenvalue weighted by Crippen LogP contribution is 2.53. The molecule has 1 fully saturated rings. The third kappa shape index (κ3) is 3.71. The molecule has 1 saturated heterocycles. The number of benzene rings is 3. The first kappa shape index (κ1) is 23.9. The van der Waals surface area contributed by atoms with Gasteiger partial charge in [0.2, 0.25) is 0 Å². The van der Waals surface area contributed by atoms with Crippen molar-refractivity contribution in [3.05, 3.63) is 108 Å². The van der Waals surface area contributed by atoms with Crippen LogP contribution in [0.15, 0.2) is 71.2 Å². The lowest BCUT2D eigenvalue weighted by molar-refractivity contribution is -0.534. The molecule has 10 nitrogen and oxygen atoms in total. The van der Waals surface area contributed by atoms with E-state index in [9.17, 15) is 25.0 Å². The number of amides is 1. The molecule has 184 valence electrons. The van der Waals surface area contributed by atoms with Crippen molar-refractivity contribution in [3.8, 4) is 5.75 Å². The average Bonchev–Trinajstić information content (AvgIpc) is 3.33. The summed E-state index contributed by atoms with van der Waals surface area (Å²) >= 11 is 3.46. The minimum absolute atomic E-state index is 0.0382. The number of hydrogen-bond acceptors (Lipinski definition) is 7. The largest absolute Gasteiger partial charge is 0.489 e. The quantitative estimate of drug-likeness (QED) is 0.353. The molecule has 1 amide bonds. The SMILES string of the molecule is CN1C[C@H](c2cc(Br)ccc2OCc2cccc([N+](=O)[O-])c2)[C@H]([N+](=O)[O-])[C@@]12C(=O)Nc1ccccc12. The third-order valence-corrected chi connectivity index (χ3v) is 7.42.